The van der Waals surface area contributed by atoms with Gasteiger partial charge in [-0.15, -0.1) is 0 Å². The van der Waals surface area contributed by atoms with Gasteiger partial charge in [0, 0.05) is 11.9 Å². The minimum absolute atomic E-state index is 0.0761. The van der Waals surface area contributed by atoms with Crippen molar-refractivity contribution < 1.29 is 0 Å². The van der Waals surface area contributed by atoms with Crippen molar-refractivity contribution in [2.24, 2.45) is 10.8 Å². The fourth-order valence-electron chi connectivity index (χ4n) is 2.20. The third kappa shape index (κ3) is 2.37. The van der Waals surface area contributed by atoms with Gasteiger partial charge in [-0.25, -0.2) is 10.8 Å². The molecule has 100 valence electrons. The largest absolute Gasteiger partial charge is 0.306 e. The number of allylic oxidation sites excluding steroid dienone is 1. The molecule has 0 aromatic heterocycles. The fourth-order valence-corrected chi connectivity index (χ4v) is 2.47. The van der Waals surface area contributed by atoms with Crippen LogP contribution >= 0.6 is 22.6 Å². The first kappa shape index (κ1) is 14.0. The first-order valence-corrected chi connectivity index (χ1v) is 7.12. The number of benzene rings is 1. The lowest BCUT2D eigenvalue weighted by molar-refractivity contribution is 0.319. The second-order valence-corrected chi connectivity index (χ2v) is 4.83. The van der Waals surface area contributed by atoms with E-state index in [1.807, 2.05) is 30.0 Å². The number of rotatable bonds is 3. The molecule has 0 spiro atoms. The maximum absolute atomic E-state index is 7.53. The molecule has 2 rings (SSSR count). The number of nitrogens with one attached hydrogen (secondary N) is 1. The molecular formula is C13H16IN5. The molecule has 1 aliphatic heterocycles. The number of para-hydroxylation sites is 1. The summed E-state index contributed by atoms with van der Waals surface area (Å²) in [6, 6.07) is 8.08. The molecule has 6 heteroatoms. The topological polar surface area (TPSA) is 68.7 Å². The smallest absolute Gasteiger partial charge is 0.161 e. The summed E-state index contributed by atoms with van der Waals surface area (Å²) in [5.74, 6) is 6.74. The number of anilines is 1. The number of nitrogens with zero attached hydrogens (tertiary/aromatic N) is 3. The third-order valence-corrected chi connectivity index (χ3v) is 3.47. The summed E-state index contributed by atoms with van der Waals surface area (Å²) in [7, 11) is 0. The molecule has 1 aromatic rings. The molecular weight excluding hydrogens is 353 g/mol. The van der Waals surface area contributed by atoms with Gasteiger partial charge in [-0.05, 0) is 48.1 Å². The molecule has 0 bridgehead atoms. The molecule has 3 N–H and O–H groups in total. The zero-order valence-corrected chi connectivity index (χ0v) is 13.0. The first-order chi connectivity index (χ1) is 9.11. The molecule has 1 atom stereocenters. The highest BCUT2D eigenvalue weighted by molar-refractivity contribution is 14.1. The van der Waals surface area contributed by atoms with Crippen molar-refractivity contribution >= 4 is 38.7 Å². The minimum atomic E-state index is -0.0761. The number of aryl methyl sites for hydroxylation is 1. The summed E-state index contributed by atoms with van der Waals surface area (Å²) in [5.41, 5.74) is 2.82. The highest BCUT2D eigenvalue weighted by Gasteiger charge is 2.34. The van der Waals surface area contributed by atoms with E-state index >= 15 is 0 Å². The van der Waals surface area contributed by atoms with E-state index in [1.54, 1.807) is 9.23 Å². The Morgan fingerprint density at radius 1 is 1.42 bits per heavy atom. The average molecular weight is 369 g/mol. The molecule has 0 radical (unpaired) electrons. The van der Waals surface area contributed by atoms with Crippen molar-refractivity contribution in [1.82, 2.24) is 5.01 Å². The molecule has 0 aliphatic carbocycles. The molecule has 0 saturated carbocycles. The number of halogens is 1. The van der Waals surface area contributed by atoms with Crippen molar-refractivity contribution in [2.45, 2.75) is 20.0 Å². The summed E-state index contributed by atoms with van der Waals surface area (Å²) in [4.78, 5) is 6.42. The van der Waals surface area contributed by atoms with Gasteiger partial charge in [0.15, 0.2) is 5.82 Å². The maximum Gasteiger partial charge on any atom is 0.161 e. The van der Waals surface area contributed by atoms with Crippen LogP contribution in [0.1, 0.15) is 12.5 Å². The summed E-state index contributed by atoms with van der Waals surface area (Å²) >= 11 is 2.07. The van der Waals surface area contributed by atoms with Crippen LogP contribution in [-0.4, -0.2) is 21.6 Å². The number of hydrogen-bond donors (Lipinski definition) is 2. The van der Waals surface area contributed by atoms with Crippen molar-refractivity contribution in [3.8, 4) is 0 Å². The van der Waals surface area contributed by atoms with Gasteiger partial charge >= 0.3 is 0 Å². The van der Waals surface area contributed by atoms with Crippen molar-refractivity contribution in [1.29, 1.82) is 5.41 Å². The SMILES string of the molecule is Cc1ccccc1N1C(N=CI)=C(C=N)N(N)[C@@H]1C. The van der Waals surface area contributed by atoms with Gasteiger partial charge in [-0.2, -0.15) is 0 Å². The van der Waals surface area contributed by atoms with Crippen LogP contribution in [0.4, 0.5) is 5.69 Å². The van der Waals surface area contributed by atoms with Gasteiger partial charge in [0.2, 0.25) is 0 Å². The molecule has 19 heavy (non-hydrogen) atoms. The lowest BCUT2D eigenvalue weighted by atomic mass is 10.2. The molecule has 0 fully saturated rings. The molecule has 1 aromatic carbocycles. The van der Waals surface area contributed by atoms with Gasteiger partial charge in [-0.3, -0.25) is 5.01 Å². The Labute approximate surface area is 126 Å². The maximum atomic E-state index is 7.53. The van der Waals surface area contributed by atoms with Gasteiger partial charge in [0.25, 0.3) is 0 Å². The fraction of sp³-hybridized carbons (Fsp3) is 0.231. The first-order valence-electron chi connectivity index (χ1n) is 5.88. The Hall–Kier alpha value is -1.41. The lowest BCUT2D eigenvalue weighted by Gasteiger charge is -2.29. The lowest BCUT2D eigenvalue weighted by Crippen LogP contribution is -2.42. The van der Waals surface area contributed by atoms with E-state index in [9.17, 15) is 0 Å². The number of nitrogens with two attached hydrogens (primary N) is 1. The molecule has 0 saturated heterocycles. The van der Waals surface area contributed by atoms with Crippen LogP contribution < -0.4 is 10.7 Å². The van der Waals surface area contributed by atoms with Crippen LogP contribution in [-0.2, 0) is 0 Å². The third-order valence-electron chi connectivity index (χ3n) is 3.19. The van der Waals surface area contributed by atoms with Gasteiger partial charge in [0.1, 0.15) is 11.9 Å². The second kappa shape index (κ2) is 5.70. The standard InChI is InChI=1S/C13H16IN5/c1-9-5-3-4-6-11(9)18-10(2)19(16)12(7-15)13(18)17-8-14/h3-8,10,15H,16H2,1-2H3/t10-/m1/s1. The Balaban J connectivity index is 2.58. The van der Waals surface area contributed by atoms with Crippen molar-refractivity contribution in [3.05, 3.63) is 41.3 Å². The van der Waals surface area contributed by atoms with E-state index in [0.717, 1.165) is 11.3 Å². The minimum Gasteiger partial charge on any atom is -0.306 e. The zero-order chi connectivity index (χ0) is 14.0. The van der Waals surface area contributed by atoms with Crippen LogP contribution in [0.5, 0.6) is 0 Å². The molecule has 0 unspecified atom stereocenters. The highest BCUT2D eigenvalue weighted by Crippen LogP contribution is 2.34. The van der Waals surface area contributed by atoms with Crippen molar-refractivity contribution in [2.75, 3.05) is 4.90 Å². The highest BCUT2D eigenvalue weighted by atomic mass is 127. The zero-order valence-electron chi connectivity index (χ0n) is 10.8. The van der Waals surface area contributed by atoms with E-state index in [0.29, 0.717) is 11.5 Å². The van der Waals surface area contributed by atoms with Crippen LogP contribution in [0, 0.1) is 12.3 Å². The Morgan fingerprint density at radius 3 is 2.68 bits per heavy atom. The molecule has 5 nitrogen and oxygen atoms in total. The Bertz CT molecular complexity index is 552. The quantitative estimate of drug-likeness (QED) is 0.489. The predicted molar refractivity (Wildman–Crippen MR) is 87.5 cm³/mol. The summed E-state index contributed by atoms with van der Waals surface area (Å²) in [6.07, 6.45) is 1.17. The number of hydrogen-bond acceptors (Lipinski definition) is 5. The van der Waals surface area contributed by atoms with E-state index in [2.05, 4.69) is 40.6 Å². The van der Waals surface area contributed by atoms with Crippen LogP contribution in [0.2, 0.25) is 0 Å². The van der Waals surface area contributed by atoms with Crippen LogP contribution in [0.15, 0.2) is 40.8 Å². The predicted octanol–water partition coefficient (Wildman–Crippen LogP) is 2.62. The van der Waals surface area contributed by atoms with E-state index < -0.39 is 0 Å². The van der Waals surface area contributed by atoms with Crippen molar-refractivity contribution in [3.63, 3.8) is 0 Å². The summed E-state index contributed by atoms with van der Waals surface area (Å²) in [6.45, 7) is 4.04. The number of hydrazine groups is 1. The Morgan fingerprint density at radius 2 is 2.11 bits per heavy atom. The van der Waals surface area contributed by atoms with Crippen LogP contribution in [0.25, 0.3) is 0 Å². The van der Waals surface area contributed by atoms with Gasteiger partial charge in [-0.1, -0.05) is 18.2 Å². The molecule has 1 aliphatic rings. The number of aliphatic imine (C=N–C) groups is 1. The van der Waals surface area contributed by atoms with E-state index in [-0.39, 0.29) is 6.17 Å². The summed E-state index contributed by atoms with van der Waals surface area (Å²) in [5, 5.41) is 9.10. The molecule has 1 heterocycles. The van der Waals surface area contributed by atoms with Gasteiger partial charge < -0.3 is 10.3 Å². The average Bonchev–Trinajstić information content (AvgIpc) is 2.63. The van der Waals surface area contributed by atoms with E-state index in [1.165, 1.54) is 6.21 Å². The monoisotopic (exact) mass is 369 g/mol. The normalized spacial score (nSPS) is 19.7. The summed E-state index contributed by atoms with van der Waals surface area (Å²) < 4.78 is 1.69. The molecule has 0 amide bonds. The van der Waals surface area contributed by atoms with Crippen LogP contribution in [0.3, 0.4) is 0 Å². The Kier molecular flexibility index (Phi) is 4.20. The van der Waals surface area contributed by atoms with Gasteiger partial charge in [0.05, 0.1) is 4.22 Å². The second-order valence-electron chi connectivity index (χ2n) is 4.28. The van der Waals surface area contributed by atoms with E-state index in [4.69, 9.17) is 11.3 Å².